The molecule has 0 radical (unpaired) electrons. The van der Waals surface area contributed by atoms with Crippen molar-refractivity contribution in [2.75, 3.05) is 36.3 Å². The van der Waals surface area contributed by atoms with Crippen molar-refractivity contribution >= 4 is 34.8 Å². The average Bonchev–Trinajstić information content (AvgIpc) is 3.16. The SMILES string of the molecule is COc1ccc(OC)c(N2CC(C(=O)Nc3ccc(NC(=O)C(C)C)cc3)CC2=O)c1. The van der Waals surface area contributed by atoms with Crippen LogP contribution in [0.2, 0.25) is 0 Å². The first-order valence-electron chi connectivity index (χ1n) is 10.1. The Bertz CT molecular complexity index is 972. The number of benzene rings is 2. The summed E-state index contributed by atoms with van der Waals surface area (Å²) in [5, 5.41) is 5.65. The van der Waals surface area contributed by atoms with E-state index in [0.29, 0.717) is 28.6 Å². The molecule has 2 N–H and O–H groups in total. The van der Waals surface area contributed by atoms with Gasteiger partial charge in [-0.2, -0.15) is 0 Å². The number of hydrogen-bond acceptors (Lipinski definition) is 5. The molecule has 2 aromatic carbocycles. The molecule has 1 saturated heterocycles. The van der Waals surface area contributed by atoms with E-state index in [2.05, 4.69) is 10.6 Å². The first-order valence-corrected chi connectivity index (χ1v) is 10.1. The minimum absolute atomic E-state index is 0.0747. The molecular weight excluding hydrogens is 398 g/mol. The number of nitrogens with one attached hydrogen (secondary N) is 2. The maximum atomic E-state index is 12.8. The van der Waals surface area contributed by atoms with Crippen LogP contribution in [0.4, 0.5) is 17.1 Å². The van der Waals surface area contributed by atoms with Crippen molar-refractivity contribution in [1.29, 1.82) is 0 Å². The van der Waals surface area contributed by atoms with Crippen LogP contribution in [-0.4, -0.2) is 38.5 Å². The highest BCUT2D eigenvalue weighted by molar-refractivity contribution is 6.04. The molecular formula is C23H27N3O5. The summed E-state index contributed by atoms with van der Waals surface area (Å²) in [4.78, 5) is 38.7. The Morgan fingerprint density at radius 3 is 2.23 bits per heavy atom. The molecule has 31 heavy (non-hydrogen) atoms. The van der Waals surface area contributed by atoms with Crippen LogP contribution >= 0.6 is 0 Å². The average molecular weight is 425 g/mol. The molecule has 1 aliphatic heterocycles. The van der Waals surface area contributed by atoms with Gasteiger partial charge >= 0.3 is 0 Å². The molecule has 0 saturated carbocycles. The molecule has 3 rings (SSSR count). The summed E-state index contributed by atoms with van der Waals surface area (Å²) >= 11 is 0. The monoisotopic (exact) mass is 425 g/mol. The number of methoxy groups -OCH3 is 2. The van der Waals surface area contributed by atoms with E-state index in [-0.39, 0.29) is 36.6 Å². The van der Waals surface area contributed by atoms with E-state index in [0.717, 1.165) is 0 Å². The number of rotatable bonds is 7. The lowest BCUT2D eigenvalue weighted by Crippen LogP contribution is -2.28. The quantitative estimate of drug-likeness (QED) is 0.710. The van der Waals surface area contributed by atoms with Gasteiger partial charge in [0.05, 0.1) is 25.8 Å². The van der Waals surface area contributed by atoms with Crippen LogP contribution in [0.15, 0.2) is 42.5 Å². The number of amides is 3. The number of ether oxygens (including phenoxy) is 2. The molecule has 2 aromatic rings. The van der Waals surface area contributed by atoms with Gasteiger partial charge in [-0.05, 0) is 36.4 Å². The molecule has 1 fully saturated rings. The highest BCUT2D eigenvalue weighted by Crippen LogP contribution is 2.36. The highest BCUT2D eigenvalue weighted by atomic mass is 16.5. The summed E-state index contributed by atoms with van der Waals surface area (Å²) in [5.41, 5.74) is 1.83. The van der Waals surface area contributed by atoms with Gasteiger partial charge < -0.3 is 25.0 Å². The van der Waals surface area contributed by atoms with Gasteiger partial charge in [-0.1, -0.05) is 13.8 Å². The second-order valence-electron chi connectivity index (χ2n) is 7.65. The molecule has 0 aliphatic carbocycles. The Labute approximate surface area is 181 Å². The molecule has 1 unspecified atom stereocenters. The third-order valence-corrected chi connectivity index (χ3v) is 5.12. The van der Waals surface area contributed by atoms with Gasteiger partial charge in [0.15, 0.2) is 0 Å². The van der Waals surface area contributed by atoms with Crippen LogP contribution in [0.3, 0.4) is 0 Å². The fourth-order valence-electron chi connectivity index (χ4n) is 3.29. The largest absolute Gasteiger partial charge is 0.497 e. The van der Waals surface area contributed by atoms with Crippen molar-refractivity contribution in [3.05, 3.63) is 42.5 Å². The summed E-state index contributed by atoms with van der Waals surface area (Å²) in [6, 6.07) is 12.1. The van der Waals surface area contributed by atoms with Gasteiger partial charge in [0.1, 0.15) is 11.5 Å². The van der Waals surface area contributed by atoms with Crippen LogP contribution in [0.25, 0.3) is 0 Å². The first kappa shape index (κ1) is 22.1. The van der Waals surface area contributed by atoms with Crippen molar-refractivity contribution in [3.8, 4) is 11.5 Å². The van der Waals surface area contributed by atoms with Crippen molar-refractivity contribution in [3.63, 3.8) is 0 Å². The minimum atomic E-state index is -0.497. The number of hydrogen-bond donors (Lipinski definition) is 2. The highest BCUT2D eigenvalue weighted by Gasteiger charge is 2.36. The summed E-state index contributed by atoms with van der Waals surface area (Å²) < 4.78 is 10.6. The van der Waals surface area contributed by atoms with Crippen molar-refractivity contribution < 1.29 is 23.9 Å². The van der Waals surface area contributed by atoms with Crippen LogP contribution in [0, 0.1) is 11.8 Å². The standard InChI is InChI=1S/C23H27N3O5/c1-14(2)22(28)24-16-5-7-17(8-6-16)25-23(29)15-11-21(27)26(13-15)19-12-18(30-3)9-10-20(19)31-4/h5-10,12,14-15H,11,13H2,1-4H3,(H,24,28)(H,25,29). The van der Waals surface area contributed by atoms with E-state index >= 15 is 0 Å². The van der Waals surface area contributed by atoms with Crippen LogP contribution in [-0.2, 0) is 14.4 Å². The van der Waals surface area contributed by atoms with Crippen LogP contribution in [0.1, 0.15) is 20.3 Å². The van der Waals surface area contributed by atoms with E-state index in [4.69, 9.17) is 9.47 Å². The molecule has 3 amide bonds. The molecule has 1 aliphatic rings. The summed E-state index contributed by atoms with van der Waals surface area (Å²) in [6.45, 7) is 3.88. The maximum absolute atomic E-state index is 12.8. The van der Waals surface area contributed by atoms with Crippen molar-refractivity contribution in [2.24, 2.45) is 11.8 Å². The number of nitrogens with zero attached hydrogens (tertiary/aromatic N) is 1. The summed E-state index contributed by atoms with van der Waals surface area (Å²) in [7, 11) is 3.08. The van der Waals surface area contributed by atoms with Crippen molar-refractivity contribution in [1.82, 2.24) is 0 Å². The summed E-state index contributed by atoms with van der Waals surface area (Å²) in [5.74, 6) is 0.0500. The zero-order valence-electron chi connectivity index (χ0n) is 18.1. The third kappa shape index (κ3) is 5.14. The van der Waals surface area contributed by atoms with Crippen LogP contribution in [0.5, 0.6) is 11.5 Å². The molecule has 0 aromatic heterocycles. The lowest BCUT2D eigenvalue weighted by molar-refractivity contribution is -0.122. The molecule has 0 spiro atoms. The molecule has 8 nitrogen and oxygen atoms in total. The number of anilines is 3. The zero-order chi connectivity index (χ0) is 22.5. The maximum Gasteiger partial charge on any atom is 0.229 e. The zero-order valence-corrected chi connectivity index (χ0v) is 18.1. The molecule has 0 bridgehead atoms. The number of carbonyl (C=O) groups excluding carboxylic acids is 3. The van der Waals surface area contributed by atoms with Crippen LogP contribution < -0.4 is 25.0 Å². The first-order chi connectivity index (χ1) is 14.8. The summed E-state index contributed by atoms with van der Waals surface area (Å²) in [6.07, 6.45) is 0.106. The Hall–Kier alpha value is -3.55. The van der Waals surface area contributed by atoms with Gasteiger partial charge in [-0.15, -0.1) is 0 Å². The lowest BCUT2D eigenvalue weighted by atomic mass is 10.1. The normalized spacial score (nSPS) is 15.7. The van der Waals surface area contributed by atoms with E-state index in [1.165, 1.54) is 7.11 Å². The predicted octanol–water partition coefficient (Wildman–Crippen LogP) is 3.29. The van der Waals surface area contributed by atoms with E-state index < -0.39 is 5.92 Å². The fourth-order valence-corrected chi connectivity index (χ4v) is 3.29. The van der Waals surface area contributed by atoms with Crippen molar-refractivity contribution in [2.45, 2.75) is 20.3 Å². The topological polar surface area (TPSA) is 97.0 Å². The Morgan fingerprint density at radius 2 is 1.65 bits per heavy atom. The Balaban J connectivity index is 1.66. The fraction of sp³-hybridized carbons (Fsp3) is 0.348. The van der Waals surface area contributed by atoms with Gasteiger partial charge in [0.25, 0.3) is 0 Å². The molecule has 164 valence electrons. The molecule has 8 heteroatoms. The van der Waals surface area contributed by atoms with Gasteiger partial charge in [-0.3, -0.25) is 14.4 Å². The minimum Gasteiger partial charge on any atom is -0.497 e. The van der Waals surface area contributed by atoms with Gasteiger partial charge in [-0.25, -0.2) is 0 Å². The van der Waals surface area contributed by atoms with E-state index in [1.807, 2.05) is 13.8 Å². The molecule has 1 atom stereocenters. The second kappa shape index (κ2) is 9.51. The number of carbonyl (C=O) groups is 3. The smallest absolute Gasteiger partial charge is 0.229 e. The molecule has 1 heterocycles. The van der Waals surface area contributed by atoms with Gasteiger partial charge in [0, 0.05) is 36.3 Å². The Morgan fingerprint density at radius 1 is 1.00 bits per heavy atom. The Kier molecular flexibility index (Phi) is 6.79. The van der Waals surface area contributed by atoms with Gasteiger partial charge in [0.2, 0.25) is 17.7 Å². The van der Waals surface area contributed by atoms with E-state index in [9.17, 15) is 14.4 Å². The predicted molar refractivity (Wildman–Crippen MR) is 119 cm³/mol. The second-order valence-corrected chi connectivity index (χ2v) is 7.65. The lowest BCUT2D eigenvalue weighted by Gasteiger charge is -2.20. The van der Waals surface area contributed by atoms with E-state index in [1.54, 1.807) is 54.5 Å². The third-order valence-electron chi connectivity index (χ3n) is 5.12.